The quantitative estimate of drug-likeness (QED) is 0.493. The summed E-state index contributed by atoms with van der Waals surface area (Å²) in [6.07, 6.45) is 1.75. The summed E-state index contributed by atoms with van der Waals surface area (Å²) in [6.45, 7) is 0.851. The highest BCUT2D eigenvalue weighted by atomic mass is 35.5. The molecule has 3 heteroatoms. The van der Waals surface area contributed by atoms with Gasteiger partial charge in [0.25, 0.3) is 0 Å². The molecule has 0 amide bonds. The van der Waals surface area contributed by atoms with Crippen molar-refractivity contribution >= 4 is 11.6 Å². The van der Waals surface area contributed by atoms with Gasteiger partial charge >= 0.3 is 0 Å². The Morgan fingerprint density at radius 3 is 2.90 bits per heavy atom. The molecule has 0 fully saturated rings. The smallest absolute Gasteiger partial charge is 0.129 e. The first-order valence-corrected chi connectivity index (χ1v) is 3.42. The maximum atomic E-state index is 5.57. The van der Waals surface area contributed by atoms with Crippen LogP contribution in [0.5, 0.6) is 0 Å². The Morgan fingerprint density at radius 2 is 2.40 bits per heavy atom. The van der Waals surface area contributed by atoms with Gasteiger partial charge in [-0.1, -0.05) is 11.6 Å². The standard InChI is InChI=1S/C7H9ClN2/c1-9-4-6-2-3-7(8)10-5-6/h2-3,5H,1,4,9H2. The van der Waals surface area contributed by atoms with Crippen LogP contribution in [-0.2, 0) is 6.54 Å². The van der Waals surface area contributed by atoms with Crippen LogP contribution in [0.1, 0.15) is 5.56 Å². The molecular weight excluding hydrogens is 148 g/mol. The van der Waals surface area contributed by atoms with Gasteiger partial charge in [0.05, 0.1) is 6.54 Å². The lowest BCUT2D eigenvalue weighted by Gasteiger charge is -1.98. The van der Waals surface area contributed by atoms with E-state index in [4.69, 9.17) is 11.6 Å². The van der Waals surface area contributed by atoms with Crippen LogP contribution < -0.4 is 5.32 Å². The van der Waals surface area contributed by atoms with Crippen molar-refractivity contribution in [2.45, 2.75) is 6.54 Å². The molecule has 0 aromatic carbocycles. The first kappa shape index (κ1) is 7.51. The maximum absolute atomic E-state index is 5.57. The van der Waals surface area contributed by atoms with Gasteiger partial charge in [-0.05, 0) is 12.1 Å². The number of halogens is 1. The fourth-order valence-electron chi connectivity index (χ4n) is 0.694. The zero-order valence-electron chi connectivity index (χ0n) is 5.55. The topological polar surface area (TPSA) is 29.5 Å². The van der Waals surface area contributed by atoms with Crippen LogP contribution in [-0.4, -0.2) is 4.98 Å². The molecule has 0 saturated heterocycles. The van der Waals surface area contributed by atoms with Gasteiger partial charge in [0, 0.05) is 11.8 Å². The Morgan fingerprint density at radius 1 is 1.60 bits per heavy atom. The fourth-order valence-corrected chi connectivity index (χ4v) is 0.806. The Hall–Kier alpha value is -0.600. The lowest BCUT2D eigenvalue weighted by atomic mass is 10.3. The largest absolute Gasteiger partial charge is 0.475 e. The average molecular weight is 157 g/mol. The third kappa shape index (κ3) is 1.97. The van der Waals surface area contributed by atoms with Crippen molar-refractivity contribution in [3.8, 4) is 0 Å². The Bertz CT molecular complexity index is 195. The van der Waals surface area contributed by atoms with E-state index < -0.39 is 0 Å². The monoisotopic (exact) mass is 156 g/mol. The highest BCUT2D eigenvalue weighted by molar-refractivity contribution is 6.29. The first-order chi connectivity index (χ1) is 4.83. The molecule has 1 heterocycles. The van der Waals surface area contributed by atoms with Gasteiger partial charge in [0.1, 0.15) is 5.15 Å². The van der Waals surface area contributed by atoms with Gasteiger partial charge in [-0.15, -0.1) is 0 Å². The van der Waals surface area contributed by atoms with Crippen LogP contribution in [0.2, 0.25) is 5.15 Å². The molecule has 1 aromatic heterocycles. The van der Waals surface area contributed by atoms with Crippen molar-refractivity contribution in [2.75, 3.05) is 0 Å². The van der Waals surface area contributed by atoms with Crippen LogP contribution in [0.15, 0.2) is 18.3 Å². The van der Waals surface area contributed by atoms with Crippen molar-refractivity contribution < 1.29 is 5.32 Å². The first-order valence-electron chi connectivity index (χ1n) is 3.04. The van der Waals surface area contributed by atoms with Gasteiger partial charge in [-0.2, -0.15) is 7.05 Å². The van der Waals surface area contributed by atoms with E-state index in [2.05, 4.69) is 12.0 Å². The van der Waals surface area contributed by atoms with Gasteiger partial charge in [-0.25, -0.2) is 4.98 Å². The Labute approximate surface area is 65.2 Å². The van der Waals surface area contributed by atoms with E-state index in [9.17, 15) is 0 Å². The molecule has 2 nitrogen and oxygen atoms in total. The van der Waals surface area contributed by atoms with Crippen LogP contribution in [0.4, 0.5) is 0 Å². The third-order valence-corrected chi connectivity index (χ3v) is 1.39. The normalized spacial score (nSPS) is 9.80. The summed E-state index contributed by atoms with van der Waals surface area (Å²) in [6, 6.07) is 3.72. The zero-order valence-corrected chi connectivity index (χ0v) is 6.30. The van der Waals surface area contributed by atoms with Crippen molar-refractivity contribution in [2.24, 2.45) is 0 Å². The summed E-state index contributed by atoms with van der Waals surface area (Å²) in [5.41, 5.74) is 1.14. The molecule has 2 N–H and O–H groups in total. The number of hydrogen-bond acceptors (Lipinski definition) is 1. The summed E-state index contributed by atoms with van der Waals surface area (Å²) < 4.78 is 0. The summed E-state index contributed by atoms with van der Waals surface area (Å²) in [5.74, 6) is 0. The summed E-state index contributed by atoms with van der Waals surface area (Å²) in [4.78, 5) is 3.92. The van der Waals surface area contributed by atoms with E-state index >= 15 is 0 Å². The van der Waals surface area contributed by atoms with Crippen molar-refractivity contribution in [3.05, 3.63) is 36.1 Å². The third-order valence-electron chi connectivity index (χ3n) is 1.17. The van der Waals surface area contributed by atoms with Gasteiger partial charge < -0.3 is 5.32 Å². The minimum Gasteiger partial charge on any atom is -0.475 e. The summed E-state index contributed by atoms with van der Waals surface area (Å²) in [5, 5.41) is 2.37. The number of nitrogens with zero attached hydrogens (tertiary/aromatic N) is 1. The SMILES string of the molecule is [CH2-][NH2+]Cc1ccc(Cl)nc1. The molecule has 0 saturated carbocycles. The zero-order chi connectivity index (χ0) is 7.40. The lowest BCUT2D eigenvalue weighted by molar-refractivity contribution is -0.612. The second-order valence-electron chi connectivity index (χ2n) is 1.98. The van der Waals surface area contributed by atoms with E-state index in [-0.39, 0.29) is 0 Å². The molecule has 0 aliphatic rings. The number of aromatic nitrogens is 1. The molecule has 1 aromatic rings. The molecule has 54 valence electrons. The fraction of sp³-hybridized carbons (Fsp3) is 0.143. The molecule has 0 atom stereocenters. The van der Waals surface area contributed by atoms with Crippen LogP contribution >= 0.6 is 11.6 Å². The number of hydrogen-bond donors (Lipinski definition) is 1. The number of rotatable bonds is 2. The predicted octanol–water partition coefficient (Wildman–Crippen LogP) is 0.590. The molecule has 0 bridgehead atoms. The molecular formula is C7H9ClN2. The molecule has 10 heavy (non-hydrogen) atoms. The lowest BCUT2D eigenvalue weighted by Crippen LogP contribution is -2.74. The second kappa shape index (κ2) is 3.54. The average Bonchev–Trinajstić information content (AvgIpc) is 1.95. The van der Waals surface area contributed by atoms with Gasteiger partial charge in [0.15, 0.2) is 0 Å². The molecule has 0 unspecified atom stereocenters. The number of nitrogens with two attached hydrogens (primary N) is 1. The summed E-state index contributed by atoms with van der Waals surface area (Å²) >= 11 is 5.57. The van der Waals surface area contributed by atoms with E-state index in [1.54, 1.807) is 12.3 Å². The van der Waals surface area contributed by atoms with Crippen LogP contribution in [0.25, 0.3) is 0 Å². The van der Waals surface area contributed by atoms with Gasteiger partial charge in [-0.3, -0.25) is 0 Å². The highest BCUT2D eigenvalue weighted by Crippen LogP contribution is 2.03. The highest BCUT2D eigenvalue weighted by Gasteiger charge is 1.90. The Balaban J connectivity index is 2.69. The minimum atomic E-state index is 0.535. The summed E-state index contributed by atoms with van der Waals surface area (Å²) in [7, 11) is 3.62. The molecule has 1 rings (SSSR count). The second-order valence-corrected chi connectivity index (χ2v) is 2.37. The molecule has 0 aliphatic carbocycles. The van der Waals surface area contributed by atoms with Crippen molar-refractivity contribution in [1.29, 1.82) is 0 Å². The van der Waals surface area contributed by atoms with E-state index in [0.717, 1.165) is 12.1 Å². The van der Waals surface area contributed by atoms with E-state index in [0.29, 0.717) is 5.15 Å². The van der Waals surface area contributed by atoms with Crippen molar-refractivity contribution in [3.63, 3.8) is 0 Å². The van der Waals surface area contributed by atoms with Crippen molar-refractivity contribution in [1.82, 2.24) is 4.98 Å². The molecule has 0 aliphatic heterocycles. The predicted molar refractivity (Wildman–Crippen MR) is 40.2 cm³/mol. The molecule has 0 spiro atoms. The number of pyridine rings is 1. The van der Waals surface area contributed by atoms with Crippen LogP contribution in [0, 0.1) is 7.05 Å². The van der Waals surface area contributed by atoms with Crippen LogP contribution in [0.3, 0.4) is 0 Å². The van der Waals surface area contributed by atoms with Gasteiger partial charge in [0.2, 0.25) is 0 Å². The van der Waals surface area contributed by atoms with E-state index in [1.165, 1.54) is 0 Å². The molecule has 0 radical (unpaired) electrons. The number of quaternary nitrogens is 1. The minimum absolute atomic E-state index is 0.535. The van der Waals surface area contributed by atoms with E-state index in [1.807, 2.05) is 11.4 Å². The Kier molecular flexibility index (Phi) is 2.66. The maximum Gasteiger partial charge on any atom is 0.129 e.